The van der Waals surface area contributed by atoms with Crippen LogP contribution >= 0.6 is 11.8 Å². The fraction of sp³-hybridized carbons (Fsp3) is 0.400. The first-order chi connectivity index (χ1) is 21.3. The van der Waals surface area contributed by atoms with Gasteiger partial charge in [0.1, 0.15) is 18.0 Å². The van der Waals surface area contributed by atoms with Gasteiger partial charge in [0.15, 0.2) is 5.96 Å². The Hall–Kier alpha value is -3.66. The number of nitrogens with zero attached hydrogens (tertiary/aromatic N) is 2. The van der Waals surface area contributed by atoms with Gasteiger partial charge in [0, 0.05) is 35.3 Å². The van der Waals surface area contributed by atoms with Crippen LogP contribution in [0.2, 0.25) is 0 Å². The quantitative estimate of drug-likeness (QED) is 0.0461. The monoisotopic (exact) mass is 652 g/mol. The third-order valence-corrected chi connectivity index (χ3v) is 7.89. The number of nitrogens with one attached hydrogen (secondary N) is 4. The second-order valence-corrected chi connectivity index (χ2v) is 11.9. The van der Waals surface area contributed by atoms with E-state index < -0.39 is 47.1 Å². The zero-order valence-corrected chi connectivity index (χ0v) is 25.4. The number of guanidine groups is 1. The molecule has 0 bridgehead atoms. The fourth-order valence-electron chi connectivity index (χ4n) is 4.96. The molecule has 2 aromatic carbocycles. The Balaban J connectivity index is 1.57. The van der Waals surface area contributed by atoms with Crippen molar-refractivity contribution in [2.24, 2.45) is 16.5 Å². The smallest absolute Gasteiger partial charge is 0.370 e. The predicted molar refractivity (Wildman–Crippen MR) is 166 cm³/mol. The van der Waals surface area contributed by atoms with E-state index in [-0.39, 0.29) is 28.7 Å². The zero-order valence-electron chi connectivity index (χ0n) is 24.6. The van der Waals surface area contributed by atoms with E-state index >= 15 is 4.39 Å². The second kappa shape index (κ2) is 15.1. The van der Waals surface area contributed by atoms with E-state index in [9.17, 15) is 22.7 Å². The van der Waals surface area contributed by atoms with E-state index in [1.165, 1.54) is 17.0 Å². The topological polar surface area (TPSA) is 152 Å². The van der Waals surface area contributed by atoms with E-state index in [4.69, 9.17) is 16.9 Å². The maximum absolute atomic E-state index is 15.5. The summed E-state index contributed by atoms with van der Waals surface area (Å²) in [5.74, 6) is -1.13. The maximum Gasteiger partial charge on any atom is 0.446 e. The molecule has 4 rings (SSSR count). The Bertz CT molecular complexity index is 1580. The van der Waals surface area contributed by atoms with Crippen molar-refractivity contribution < 1.29 is 27.1 Å². The van der Waals surface area contributed by atoms with Gasteiger partial charge in [-0.3, -0.25) is 5.41 Å². The first kappa shape index (κ1) is 34.2. The van der Waals surface area contributed by atoms with Crippen LogP contribution in [0.3, 0.4) is 0 Å². The van der Waals surface area contributed by atoms with Crippen LogP contribution in [0.4, 0.5) is 27.6 Å². The number of nitrogens with two attached hydrogens (primary N) is 2. The van der Waals surface area contributed by atoms with Gasteiger partial charge in [0.25, 0.3) is 0 Å². The van der Waals surface area contributed by atoms with E-state index in [1.54, 1.807) is 36.5 Å². The lowest BCUT2D eigenvalue weighted by Gasteiger charge is -2.25. The third-order valence-electron chi connectivity index (χ3n) is 7.15. The molecule has 9 nitrogen and oxygen atoms in total. The normalized spacial score (nSPS) is 16.0. The van der Waals surface area contributed by atoms with Gasteiger partial charge < -0.3 is 37.1 Å². The molecule has 1 aliphatic heterocycles. The molecule has 0 amide bonds. The Labute approximate surface area is 261 Å². The van der Waals surface area contributed by atoms with Crippen LogP contribution < -0.4 is 37.7 Å². The fourth-order valence-corrected chi connectivity index (χ4v) is 5.62. The van der Waals surface area contributed by atoms with Crippen LogP contribution in [-0.2, 0) is 6.42 Å². The molecule has 1 unspecified atom stereocenters. The number of aromatic nitrogens is 1. The summed E-state index contributed by atoms with van der Waals surface area (Å²) in [6, 6.07) is 10.6. The highest BCUT2D eigenvalue weighted by Gasteiger charge is 2.32. The lowest BCUT2D eigenvalue weighted by Crippen LogP contribution is -2.41. The molecule has 2 heterocycles. The number of rotatable bonds is 14. The first-order valence-electron chi connectivity index (χ1n) is 14.4. The summed E-state index contributed by atoms with van der Waals surface area (Å²) >= 11 is -0.501. The molecule has 0 spiro atoms. The largest absolute Gasteiger partial charge is 0.446 e. The number of halogens is 5. The molecule has 0 saturated carbocycles. The number of aliphatic hydroxyl groups is 1. The minimum atomic E-state index is -4.67. The summed E-state index contributed by atoms with van der Waals surface area (Å²) in [6.45, 7) is 2.18. The average Bonchev–Trinajstić information content (AvgIpc) is 3.37. The number of anilines is 1. The number of alkyl halides is 4. The summed E-state index contributed by atoms with van der Waals surface area (Å²) in [4.78, 5) is 8.16. The Morgan fingerprint density at radius 2 is 1.91 bits per heavy atom. The predicted octanol–water partition coefficient (Wildman–Crippen LogP) is 3.73. The third kappa shape index (κ3) is 9.42. The number of aliphatic hydroxyl groups excluding tert-OH is 1. The first-order valence-corrected chi connectivity index (χ1v) is 15.2. The van der Waals surface area contributed by atoms with Gasteiger partial charge in [-0.25, -0.2) is 13.8 Å². The molecule has 0 saturated heterocycles. The summed E-state index contributed by atoms with van der Waals surface area (Å²) in [6.07, 6.45) is 2.61. The summed E-state index contributed by atoms with van der Waals surface area (Å²) in [7, 11) is 0. The van der Waals surface area contributed by atoms with Crippen LogP contribution in [0, 0.1) is 11.2 Å². The van der Waals surface area contributed by atoms with Crippen molar-refractivity contribution in [2.45, 2.75) is 61.4 Å². The standard InChI is InChI=1S/C30H37F5N8OS/c1-17(36)4-2-5-18-12-22(26(32)25(13-18)45-30(33,34)35)23-14-20-16-43(29(44)42-27(20)41-23)21-8-6-19(7-9-21)24(15-31)39-10-3-11-40-28(37)38/h6-9,12-14,16-17,24,29,39,44H,2-5,10-11,15,36H2,1H3,(H,41,42)(H4,37,38,40)/t17-,24-,29?/m0/s1. The SMILES string of the molecule is C[C@H](N)CCCc1cc(SC(F)(F)F)c(F)c(-c2cc3c([nH]2)=NC(O)N(c2ccc([C@H](CF)NCCCNC(=N)N)cc2)C=3)c1. The number of hydrogen-bond acceptors (Lipinski definition) is 7. The Morgan fingerprint density at radius 3 is 2.56 bits per heavy atom. The number of H-pyrrole nitrogens is 1. The average molecular weight is 653 g/mol. The Kier molecular flexibility index (Phi) is 11.5. The maximum atomic E-state index is 15.5. The highest BCUT2D eigenvalue weighted by molar-refractivity contribution is 8.00. The lowest BCUT2D eigenvalue weighted by atomic mass is 10.0. The van der Waals surface area contributed by atoms with Crippen LogP contribution in [0.25, 0.3) is 17.5 Å². The van der Waals surface area contributed by atoms with E-state index in [2.05, 4.69) is 20.6 Å². The molecule has 0 aliphatic carbocycles. The van der Waals surface area contributed by atoms with Crippen molar-refractivity contribution in [2.75, 3.05) is 24.7 Å². The van der Waals surface area contributed by atoms with Gasteiger partial charge in [0.2, 0.25) is 6.35 Å². The Morgan fingerprint density at radius 1 is 1.18 bits per heavy atom. The molecule has 45 heavy (non-hydrogen) atoms. The molecule has 9 N–H and O–H groups in total. The van der Waals surface area contributed by atoms with Crippen molar-refractivity contribution in [3.63, 3.8) is 0 Å². The van der Waals surface area contributed by atoms with Gasteiger partial charge >= 0.3 is 5.51 Å². The molecule has 3 aromatic rings. The number of fused-ring (bicyclic) bond motifs is 1. The van der Waals surface area contributed by atoms with Gasteiger partial charge in [-0.2, -0.15) is 13.2 Å². The van der Waals surface area contributed by atoms with E-state index in [1.807, 2.05) is 6.92 Å². The molecule has 0 radical (unpaired) electrons. The van der Waals surface area contributed by atoms with E-state index in [0.717, 1.165) is 0 Å². The van der Waals surface area contributed by atoms with Gasteiger partial charge in [-0.1, -0.05) is 12.1 Å². The van der Waals surface area contributed by atoms with Crippen LogP contribution in [0.5, 0.6) is 0 Å². The van der Waals surface area contributed by atoms with Crippen LogP contribution in [-0.4, -0.2) is 53.7 Å². The molecule has 3 atom stereocenters. The zero-order chi connectivity index (χ0) is 32.7. The molecular weight excluding hydrogens is 615 g/mol. The molecule has 0 fully saturated rings. The summed E-state index contributed by atoms with van der Waals surface area (Å²) in [5, 5.41) is 24.3. The molecular formula is C30H37F5N8OS. The van der Waals surface area contributed by atoms with Crippen LogP contribution in [0.1, 0.15) is 43.4 Å². The van der Waals surface area contributed by atoms with Crippen molar-refractivity contribution in [1.82, 2.24) is 15.6 Å². The highest BCUT2D eigenvalue weighted by Crippen LogP contribution is 2.41. The molecule has 1 aliphatic rings. The number of benzene rings is 2. The molecule has 1 aromatic heterocycles. The van der Waals surface area contributed by atoms with Crippen molar-refractivity contribution in [3.05, 3.63) is 70.1 Å². The number of thioether (sulfide) groups is 1. The number of hydrogen-bond donors (Lipinski definition) is 7. The summed E-state index contributed by atoms with van der Waals surface area (Å²) in [5.41, 5.74) is 8.61. The highest BCUT2D eigenvalue weighted by atomic mass is 32.2. The number of aryl methyl sites for hydroxylation is 1. The minimum Gasteiger partial charge on any atom is -0.370 e. The van der Waals surface area contributed by atoms with Crippen LogP contribution in [0.15, 0.2) is 52.4 Å². The van der Waals surface area contributed by atoms with Gasteiger partial charge in [-0.05, 0) is 92.4 Å². The lowest BCUT2D eigenvalue weighted by molar-refractivity contribution is -0.0329. The van der Waals surface area contributed by atoms with Gasteiger partial charge in [0.05, 0.1) is 16.6 Å². The van der Waals surface area contributed by atoms with Crippen molar-refractivity contribution in [1.29, 1.82) is 5.41 Å². The summed E-state index contributed by atoms with van der Waals surface area (Å²) < 4.78 is 69.0. The molecule has 15 heteroatoms. The number of aromatic amines is 1. The minimum absolute atomic E-state index is 0.0368. The molecule has 244 valence electrons. The van der Waals surface area contributed by atoms with E-state index in [0.29, 0.717) is 60.8 Å². The second-order valence-electron chi connectivity index (χ2n) is 10.8. The van der Waals surface area contributed by atoms with Crippen molar-refractivity contribution in [3.8, 4) is 11.3 Å². The van der Waals surface area contributed by atoms with Crippen molar-refractivity contribution >= 4 is 29.6 Å². The van der Waals surface area contributed by atoms with Gasteiger partial charge in [-0.15, -0.1) is 0 Å².